The van der Waals surface area contributed by atoms with E-state index >= 15 is 0 Å². The van der Waals surface area contributed by atoms with Crippen LogP contribution in [0.25, 0.3) is 0 Å². The van der Waals surface area contributed by atoms with Crippen LogP contribution in [0.4, 0.5) is 10.1 Å². The number of nitrogens with one attached hydrogen (secondary N) is 1. The summed E-state index contributed by atoms with van der Waals surface area (Å²) in [7, 11) is -3.86. The highest BCUT2D eigenvalue weighted by atomic mass is 79.9. The molecule has 0 radical (unpaired) electrons. The van der Waals surface area contributed by atoms with E-state index < -0.39 is 34.3 Å². The van der Waals surface area contributed by atoms with Gasteiger partial charge in [-0.2, -0.15) is 0 Å². The third-order valence-electron chi connectivity index (χ3n) is 6.08. The van der Waals surface area contributed by atoms with Crippen molar-refractivity contribution in [1.29, 1.82) is 0 Å². The summed E-state index contributed by atoms with van der Waals surface area (Å²) < 4.78 is 41.2. The zero-order chi connectivity index (χ0) is 28.7. The number of amides is 2. The van der Waals surface area contributed by atoms with Gasteiger partial charge in [-0.25, -0.2) is 12.8 Å². The first kappa shape index (κ1) is 30.3. The zero-order valence-electron chi connectivity index (χ0n) is 22.4. The molecule has 208 valence electrons. The van der Waals surface area contributed by atoms with Gasteiger partial charge in [0.1, 0.15) is 18.4 Å². The van der Waals surface area contributed by atoms with Gasteiger partial charge < -0.3 is 10.2 Å². The van der Waals surface area contributed by atoms with Crippen molar-refractivity contribution in [3.63, 3.8) is 0 Å². The number of hydrogen-bond donors (Lipinski definition) is 1. The Balaban J connectivity index is 2.06. The molecule has 0 aliphatic carbocycles. The van der Waals surface area contributed by atoms with Crippen molar-refractivity contribution in [3.8, 4) is 0 Å². The number of aryl methyl sites for hydroxylation is 1. The van der Waals surface area contributed by atoms with Crippen LogP contribution in [-0.2, 0) is 32.6 Å². The van der Waals surface area contributed by atoms with Crippen LogP contribution in [0.2, 0.25) is 0 Å². The summed E-state index contributed by atoms with van der Waals surface area (Å²) in [6, 6.07) is 18.8. The minimum absolute atomic E-state index is 0.0148. The summed E-state index contributed by atoms with van der Waals surface area (Å²) in [5.41, 5.74) is 2.57. The number of benzene rings is 3. The normalized spacial score (nSPS) is 12.2. The molecule has 0 aliphatic heterocycles. The van der Waals surface area contributed by atoms with E-state index in [1.54, 1.807) is 30.3 Å². The first-order chi connectivity index (χ1) is 18.3. The van der Waals surface area contributed by atoms with Gasteiger partial charge in [-0.15, -0.1) is 0 Å². The van der Waals surface area contributed by atoms with Gasteiger partial charge in [0.25, 0.3) is 0 Å². The van der Waals surface area contributed by atoms with Gasteiger partial charge in [0.05, 0.1) is 11.9 Å². The van der Waals surface area contributed by atoms with Crippen molar-refractivity contribution >= 4 is 43.5 Å². The molecule has 3 aromatic carbocycles. The average molecular weight is 619 g/mol. The maximum absolute atomic E-state index is 14.0. The largest absolute Gasteiger partial charge is 0.352 e. The Hall–Kier alpha value is -3.24. The molecular weight excluding hydrogens is 585 g/mol. The van der Waals surface area contributed by atoms with E-state index in [9.17, 15) is 22.4 Å². The Morgan fingerprint density at radius 1 is 0.974 bits per heavy atom. The highest BCUT2D eigenvalue weighted by Crippen LogP contribution is 2.25. The van der Waals surface area contributed by atoms with Crippen molar-refractivity contribution in [1.82, 2.24) is 10.2 Å². The Bertz CT molecular complexity index is 1400. The maximum Gasteiger partial charge on any atom is 0.244 e. The summed E-state index contributed by atoms with van der Waals surface area (Å²) >= 11 is 3.42. The second-order valence-electron chi connectivity index (χ2n) is 9.72. The first-order valence-corrected chi connectivity index (χ1v) is 15.1. The number of nitrogens with zero attached hydrogens (tertiary/aromatic N) is 2. The molecule has 0 aliphatic rings. The zero-order valence-corrected chi connectivity index (χ0v) is 24.8. The number of sulfonamides is 1. The lowest BCUT2D eigenvalue weighted by molar-refractivity contribution is -0.140. The van der Waals surface area contributed by atoms with Crippen molar-refractivity contribution in [2.24, 2.45) is 0 Å². The number of carbonyl (C=O) groups excluding carboxylic acids is 2. The Kier molecular flexibility index (Phi) is 10.3. The molecule has 0 unspecified atom stereocenters. The first-order valence-electron chi connectivity index (χ1n) is 12.5. The van der Waals surface area contributed by atoms with Gasteiger partial charge in [-0.3, -0.25) is 13.9 Å². The van der Waals surface area contributed by atoms with Gasteiger partial charge in [-0.05, 0) is 67.8 Å². The molecule has 1 atom stereocenters. The molecule has 3 rings (SSSR count). The summed E-state index contributed by atoms with van der Waals surface area (Å²) in [4.78, 5) is 28.8. The molecular formula is C29H33BrFN3O4S. The van der Waals surface area contributed by atoms with Gasteiger partial charge >= 0.3 is 0 Å². The molecule has 0 bridgehead atoms. The van der Waals surface area contributed by atoms with E-state index in [1.807, 2.05) is 51.1 Å². The molecule has 1 N–H and O–H groups in total. The Morgan fingerprint density at radius 3 is 2.18 bits per heavy atom. The molecule has 3 aromatic rings. The van der Waals surface area contributed by atoms with E-state index in [-0.39, 0.29) is 24.9 Å². The highest BCUT2D eigenvalue weighted by molar-refractivity contribution is 9.10. The van der Waals surface area contributed by atoms with E-state index in [4.69, 9.17) is 0 Å². The van der Waals surface area contributed by atoms with Gasteiger partial charge in [-0.1, -0.05) is 58.4 Å². The third kappa shape index (κ3) is 8.63. The monoisotopic (exact) mass is 617 g/mol. The van der Waals surface area contributed by atoms with Crippen LogP contribution in [0.15, 0.2) is 77.3 Å². The molecule has 0 spiro atoms. The second-order valence-corrected chi connectivity index (χ2v) is 12.5. The smallest absolute Gasteiger partial charge is 0.244 e. The fourth-order valence-electron chi connectivity index (χ4n) is 4.12. The number of halogens is 2. The van der Waals surface area contributed by atoms with Crippen molar-refractivity contribution in [2.45, 2.75) is 45.8 Å². The standard InChI is InChI=1S/C29H33BrFN3O4S/c1-20(2)32-29(36)27(17-22-8-6-5-7-9-22)33(18-23-10-12-24(31)13-11-23)28(35)19-34(39(4,37)38)25-14-15-26(30)21(3)16-25/h5-16,20,27H,17-19H2,1-4H3,(H,32,36)/t27-/m0/s1. The number of rotatable bonds is 11. The lowest BCUT2D eigenvalue weighted by Gasteiger charge is -2.34. The minimum Gasteiger partial charge on any atom is -0.352 e. The molecule has 10 heteroatoms. The van der Waals surface area contributed by atoms with Crippen LogP contribution in [0, 0.1) is 12.7 Å². The van der Waals surface area contributed by atoms with E-state index in [2.05, 4.69) is 21.2 Å². The number of hydrogen-bond acceptors (Lipinski definition) is 4. The van der Waals surface area contributed by atoms with Crippen LogP contribution in [0.3, 0.4) is 0 Å². The van der Waals surface area contributed by atoms with Crippen molar-refractivity contribution < 1.29 is 22.4 Å². The fraction of sp³-hybridized carbons (Fsp3) is 0.310. The van der Waals surface area contributed by atoms with Crippen molar-refractivity contribution in [2.75, 3.05) is 17.1 Å². The molecule has 0 saturated carbocycles. The molecule has 0 aromatic heterocycles. The quantitative estimate of drug-likeness (QED) is 0.334. The minimum atomic E-state index is -3.86. The van der Waals surface area contributed by atoms with Crippen LogP contribution in [0.1, 0.15) is 30.5 Å². The predicted octanol–water partition coefficient (Wildman–Crippen LogP) is 4.83. The number of carbonyl (C=O) groups is 2. The summed E-state index contributed by atoms with van der Waals surface area (Å²) in [5, 5.41) is 2.89. The van der Waals surface area contributed by atoms with Gasteiger partial charge in [0.15, 0.2) is 0 Å². The van der Waals surface area contributed by atoms with Crippen LogP contribution >= 0.6 is 15.9 Å². The molecule has 2 amide bonds. The molecule has 0 heterocycles. The van der Waals surface area contributed by atoms with Gasteiger partial charge in [0, 0.05) is 23.5 Å². The highest BCUT2D eigenvalue weighted by Gasteiger charge is 2.33. The second kappa shape index (κ2) is 13.2. The fourth-order valence-corrected chi connectivity index (χ4v) is 5.21. The topological polar surface area (TPSA) is 86.8 Å². The van der Waals surface area contributed by atoms with Gasteiger partial charge in [0.2, 0.25) is 21.8 Å². The average Bonchev–Trinajstić information content (AvgIpc) is 2.87. The molecule has 0 fully saturated rings. The van der Waals surface area contributed by atoms with E-state index in [0.717, 1.165) is 26.2 Å². The summed E-state index contributed by atoms with van der Waals surface area (Å²) in [6.07, 6.45) is 1.25. The molecule has 39 heavy (non-hydrogen) atoms. The predicted molar refractivity (Wildman–Crippen MR) is 155 cm³/mol. The lowest BCUT2D eigenvalue weighted by Crippen LogP contribution is -2.54. The van der Waals surface area contributed by atoms with Crippen LogP contribution in [0.5, 0.6) is 0 Å². The van der Waals surface area contributed by atoms with Crippen LogP contribution in [-0.4, -0.2) is 50.0 Å². The van der Waals surface area contributed by atoms with Crippen LogP contribution < -0.4 is 9.62 Å². The molecule has 0 saturated heterocycles. The summed E-state index contributed by atoms with van der Waals surface area (Å²) in [6.45, 7) is 4.94. The Labute approximate surface area is 238 Å². The SMILES string of the molecule is Cc1cc(N(CC(=O)N(Cc2ccc(F)cc2)[C@@H](Cc2ccccc2)C(=O)NC(C)C)S(C)(=O)=O)ccc1Br. The molecule has 7 nitrogen and oxygen atoms in total. The lowest BCUT2D eigenvalue weighted by atomic mass is 10.0. The maximum atomic E-state index is 14.0. The third-order valence-corrected chi connectivity index (χ3v) is 8.11. The summed E-state index contributed by atoms with van der Waals surface area (Å²) in [5.74, 6) is -1.36. The van der Waals surface area contributed by atoms with E-state index in [1.165, 1.54) is 17.0 Å². The Morgan fingerprint density at radius 2 is 1.62 bits per heavy atom. The van der Waals surface area contributed by atoms with E-state index in [0.29, 0.717) is 11.3 Å². The van der Waals surface area contributed by atoms with Crippen molar-refractivity contribution in [3.05, 3.63) is 99.8 Å². The number of anilines is 1.